The zero-order valence-corrected chi connectivity index (χ0v) is 6.38. The van der Waals surface area contributed by atoms with Crippen LogP contribution in [0.1, 0.15) is 5.69 Å². The molecule has 0 unspecified atom stereocenters. The van der Waals surface area contributed by atoms with Gasteiger partial charge < -0.3 is 0 Å². The molecule has 0 aliphatic rings. The molecule has 1 aromatic rings. The van der Waals surface area contributed by atoms with Gasteiger partial charge in [0.05, 0.1) is 5.69 Å². The van der Waals surface area contributed by atoms with Crippen molar-refractivity contribution in [2.75, 3.05) is 0 Å². The van der Waals surface area contributed by atoms with Crippen LogP contribution in [-0.2, 0) is 0 Å². The second-order valence-electron chi connectivity index (χ2n) is 1.55. The summed E-state index contributed by atoms with van der Waals surface area (Å²) in [6.07, 6.45) is 3.66. The second-order valence-corrected chi connectivity index (χ2v) is 2.08. The van der Waals surface area contributed by atoms with Gasteiger partial charge in [0.2, 0.25) is 0 Å². The van der Waals surface area contributed by atoms with Crippen molar-refractivity contribution in [2.45, 2.75) is 0 Å². The summed E-state index contributed by atoms with van der Waals surface area (Å²) in [4.78, 5) is 5.84. The van der Waals surface area contributed by atoms with Crippen LogP contribution < -0.4 is 0 Å². The third-order valence-corrected chi connectivity index (χ3v) is 1.19. The minimum absolute atomic E-state index is 0.967. The second kappa shape index (κ2) is 3.41. The van der Waals surface area contributed by atoms with Crippen molar-refractivity contribution in [1.82, 2.24) is 4.98 Å². The van der Waals surface area contributed by atoms with Gasteiger partial charge in [-0.05, 0) is 23.2 Å². The molecule has 0 saturated carbocycles. The van der Waals surface area contributed by atoms with Gasteiger partial charge in [-0.1, -0.05) is 22.0 Å². The Labute approximate surface area is 62.6 Å². The maximum atomic E-state index is 4.05. The van der Waals surface area contributed by atoms with E-state index in [1.54, 1.807) is 11.2 Å². The first-order valence-corrected chi connectivity index (χ1v) is 3.53. The summed E-state index contributed by atoms with van der Waals surface area (Å²) in [5.41, 5.74) is 0.967. The number of pyridine rings is 1. The van der Waals surface area contributed by atoms with Gasteiger partial charge in [-0.3, -0.25) is 4.98 Å². The molecule has 0 amide bonds. The SMILES string of the molecule is Br/C=C/c1ccccn1. The van der Waals surface area contributed by atoms with Gasteiger partial charge in [0.1, 0.15) is 0 Å². The molecule has 1 rings (SSSR count). The molecule has 1 aromatic heterocycles. The Kier molecular flexibility index (Phi) is 2.46. The smallest absolute Gasteiger partial charge is 0.0634 e. The van der Waals surface area contributed by atoms with Crippen LogP contribution in [0.4, 0.5) is 0 Å². The first-order valence-electron chi connectivity index (χ1n) is 2.61. The Morgan fingerprint density at radius 3 is 2.89 bits per heavy atom. The third-order valence-electron chi connectivity index (χ3n) is 0.922. The Balaban J connectivity index is 2.85. The van der Waals surface area contributed by atoms with E-state index in [9.17, 15) is 0 Å². The number of aromatic nitrogens is 1. The fourth-order valence-electron chi connectivity index (χ4n) is 0.539. The Hall–Kier alpha value is -0.630. The molecule has 0 spiro atoms. The number of hydrogen-bond acceptors (Lipinski definition) is 1. The zero-order valence-electron chi connectivity index (χ0n) is 4.79. The molecule has 0 bridgehead atoms. The summed E-state index contributed by atoms with van der Waals surface area (Å²) >= 11 is 3.17. The molecule has 0 aromatic carbocycles. The van der Waals surface area contributed by atoms with Crippen molar-refractivity contribution < 1.29 is 0 Å². The molecule has 46 valence electrons. The van der Waals surface area contributed by atoms with E-state index in [1.807, 2.05) is 24.3 Å². The van der Waals surface area contributed by atoms with Gasteiger partial charge in [0, 0.05) is 6.20 Å². The first-order chi connectivity index (χ1) is 4.43. The predicted octanol–water partition coefficient (Wildman–Crippen LogP) is 2.45. The van der Waals surface area contributed by atoms with Crippen molar-refractivity contribution >= 4 is 22.0 Å². The molecule has 0 atom stereocenters. The molecule has 1 heterocycles. The van der Waals surface area contributed by atoms with Crippen LogP contribution in [0.25, 0.3) is 6.08 Å². The first kappa shape index (κ1) is 6.49. The average molecular weight is 184 g/mol. The van der Waals surface area contributed by atoms with Gasteiger partial charge in [0.15, 0.2) is 0 Å². The highest BCUT2D eigenvalue weighted by atomic mass is 79.9. The van der Waals surface area contributed by atoms with E-state index >= 15 is 0 Å². The normalized spacial score (nSPS) is 10.3. The van der Waals surface area contributed by atoms with Crippen LogP contribution in [-0.4, -0.2) is 4.98 Å². The van der Waals surface area contributed by atoms with Crippen LogP contribution in [0.2, 0.25) is 0 Å². The van der Waals surface area contributed by atoms with E-state index in [0.29, 0.717) is 0 Å². The van der Waals surface area contributed by atoms with Crippen molar-refractivity contribution in [3.63, 3.8) is 0 Å². The van der Waals surface area contributed by atoms with Gasteiger partial charge >= 0.3 is 0 Å². The molecule has 0 fully saturated rings. The zero-order chi connectivity index (χ0) is 6.53. The van der Waals surface area contributed by atoms with E-state index < -0.39 is 0 Å². The van der Waals surface area contributed by atoms with Crippen molar-refractivity contribution in [3.05, 3.63) is 35.1 Å². The maximum Gasteiger partial charge on any atom is 0.0634 e. The van der Waals surface area contributed by atoms with Crippen molar-refractivity contribution in [1.29, 1.82) is 0 Å². The molecular formula is C7H6BrN. The predicted molar refractivity (Wildman–Crippen MR) is 42.2 cm³/mol. The lowest BCUT2D eigenvalue weighted by Gasteiger charge is -1.85. The fraction of sp³-hybridized carbons (Fsp3) is 0. The van der Waals surface area contributed by atoms with Crippen molar-refractivity contribution in [3.8, 4) is 0 Å². The molecule has 0 aliphatic carbocycles. The highest BCUT2D eigenvalue weighted by Gasteiger charge is 1.79. The van der Waals surface area contributed by atoms with Gasteiger partial charge in [-0.15, -0.1) is 0 Å². The summed E-state index contributed by atoms with van der Waals surface area (Å²) in [6.45, 7) is 0. The fourth-order valence-corrected chi connectivity index (χ4v) is 0.810. The number of hydrogen-bond donors (Lipinski definition) is 0. The Morgan fingerprint density at radius 1 is 1.44 bits per heavy atom. The van der Waals surface area contributed by atoms with Gasteiger partial charge in [-0.2, -0.15) is 0 Å². The minimum Gasteiger partial charge on any atom is -0.257 e. The third kappa shape index (κ3) is 1.98. The molecule has 0 aliphatic heterocycles. The molecule has 0 saturated heterocycles. The largest absolute Gasteiger partial charge is 0.257 e. The van der Waals surface area contributed by atoms with Gasteiger partial charge in [-0.25, -0.2) is 0 Å². The van der Waals surface area contributed by atoms with Crippen LogP contribution in [0.5, 0.6) is 0 Å². The van der Waals surface area contributed by atoms with E-state index in [1.165, 1.54) is 0 Å². The van der Waals surface area contributed by atoms with E-state index in [4.69, 9.17) is 0 Å². The molecule has 9 heavy (non-hydrogen) atoms. The summed E-state index contributed by atoms with van der Waals surface area (Å²) in [5, 5.41) is 0. The van der Waals surface area contributed by atoms with E-state index in [2.05, 4.69) is 20.9 Å². The van der Waals surface area contributed by atoms with Crippen LogP contribution in [0, 0.1) is 0 Å². The topological polar surface area (TPSA) is 12.9 Å². The molecule has 0 radical (unpaired) electrons. The highest BCUT2D eigenvalue weighted by Crippen LogP contribution is 1.97. The molecule has 2 heteroatoms. The summed E-state index contributed by atoms with van der Waals surface area (Å²) in [5.74, 6) is 0. The molecule has 0 N–H and O–H groups in total. The van der Waals surface area contributed by atoms with Crippen LogP contribution in [0.3, 0.4) is 0 Å². The summed E-state index contributed by atoms with van der Waals surface area (Å²) < 4.78 is 0. The lowest BCUT2D eigenvalue weighted by molar-refractivity contribution is 1.30. The lowest BCUT2D eigenvalue weighted by atomic mass is 10.4. The van der Waals surface area contributed by atoms with E-state index in [-0.39, 0.29) is 0 Å². The van der Waals surface area contributed by atoms with E-state index in [0.717, 1.165) is 5.69 Å². The van der Waals surface area contributed by atoms with Crippen LogP contribution >= 0.6 is 15.9 Å². The average Bonchev–Trinajstić information content (AvgIpc) is 1.91. The lowest BCUT2D eigenvalue weighted by Crippen LogP contribution is -1.73. The molecular weight excluding hydrogens is 178 g/mol. The standard InChI is InChI=1S/C7H6BrN/c8-5-4-7-3-1-2-6-9-7/h1-6H/b5-4+. The maximum absolute atomic E-state index is 4.05. The number of halogens is 1. The summed E-state index contributed by atoms with van der Waals surface area (Å²) in [6, 6.07) is 5.79. The monoisotopic (exact) mass is 183 g/mol. The van der Waals surface area contributed by atoms with Crippen LogP contribution in [0.15, 0.2) is 29.4 Å². The minimum atomic E-state index is 0.967. The number of nitrogens with zero attached hydrogens (tertiary/aromatic N) is 1. The Morgan fingerprint density at radius 2 is 2.33 bits per heavy atom. The van der Waals surface area contributed by atoms with Gasteiger partial charge in [0.25, 0.3) is 0 Å². The summed E-state index contributed by atoms with van der Waals surface area (Å²) in [7, 11) is 0. The Bertz CT molecular complexity index is 193. The molecule has 1 nitrogen and oxygen atoms in total. The number of rotatable bonds is 1. The highest BCUT2D eigenvalue weighted by molar-refractivity contribution is 9.11. The quantitative estimate of drug-likeness (QED) is 0.653. The van der Waals surface area contributed by atoms with Crippen molar-refractivity contribution in [2.24, 2.45) is 0 Å².